The molecule has 0 saturated heterocycles. The van der Waals surface area contributed by atoms with E-state index in [4.69, 9.17) is 4.74 Å². The first-order valence-corrected chi connectivity index (χ1v) is 8.13. The molecule has 24 heavy (non-hydrogen) atoms. The molecule has 1 N–H and O–H groups in total. The van der Waals surface area contributed by atoms with Crippen molar-refractivity contribution in [2.45, 2.75) is 25.7 Å². The molecule has 0 atom stereocenters. The Kier molecular flexibility index (Phi) is 7.08. The number of rotatable bonds is 9. The summed E-state index contributed by atoms with van der Waals surface area (Å²) in [6, 6.07) is 13.9. The number of aryl methyl sites for hydroxylation is 1. The van der Waals surface area contributed by atoms with Gasteiger partial charge < -0.3 is 14.8 Å². The maximum atomic E-state index is 11.1. The third-order valence-corrected chi connectivity index (χ3v) is 3.69. The van der Waals surface area contributed by atoms with Crippen LogP contribution in [-0.4, -0.2) is 31.7 Å². The highest BCUT2D eigenvalue weighted by molar-refractivity contribution is 5.69. The van der Waals surface area contributed by atoms with Crippen molar-refractivity contribution in [2.24, 2.45) is 0 Å². The minimum Gasteiger partial charge on any atom is -0.493 e. The van der Waals surface area contributed by atoms with Crippen molar-refractivity contribution in [2.75, 3.05) is 26.1 Å². The number of nitrogens with one attached hydrogen (secondary N) is 1. The number of methoxy groups -OCH3 is 1. The highest BCUT2D eigenvalue weighted by atomic mass is 16.5. The van der Waals surface area contributed by atoms with Gasteiger partial charge in [0.25, 0.3) is 0 Å². The minimum absolute atomic E-state index is 0.161. The standard InChI is InChI=1S/C19H24N2O3/c1-20-18-7-4-6-16(21-18)13-14-24-17-11-9-15(10-12-17)5-3-8-19(22)23-2/h4,6-7,9-12H,3,5,8,13-14H2,1-2H3,(H,20,21). The van der Waals surface area contributed by atoms with Crippen molar-refractivity contribution in [1.82, 2.24) is 4.98 Å². The van der Waals surface area contributed by atoms with Crippen LogP contribution in [0, 0.1) is 0 Å². The van der Waals surface area contributed by atoms with E-state index in [9.17, 15) is 4.79 Å². The number of anilines is 1. The van der Waals surface area contributed by atoms with Gasteiger partial charge in [0.15, 0.2) is 0 Å². The summed E-state index contributed by atoms with van der Waals surface area (Å²) in [6.45, 7) is 0.585. The quantitative estimate of drug-likeness (QED) is 0.716. The van der Waals surface area contributed by atoms with E-state index < -0.39 is 0 Å². The molecule has 0 fully saturated rings. The summed E-state index contributed by atoms with van der Waals surface area (Å²) >= 11 is 0. The zero-order valence-electron chi connectivity index (χ0n) is 14.2. The fraction of sp³-hybridized carbons (Fsp3) is 0.368. The van der Waals surface area contributed by atoms with Crippen LogP contribution in [-0.2, 0) is 22.4 Å². The Labute approximate surface area is 143 Å². The van der Waals surface area contributed by atoms with E-state index in [2.05, 4.69) is 15.0 Å². The molecule has 0 amide bonds. The number of ether oxygens (including phenoxy) is 2. The van der Waals surface area contributed by atoms with Gasteiger partial charge in [-0.15, -0.1) is 0 Å². The molecule has 0 aliphatic rings. The number of aromatic nitrogens is 1. The van der Waals surface area contributed by atoms with Crippen molar-refractivity contribution < 1.29 is 14.3 Å². The Bertz CT molecular complexity index is 641. The molecule has 0 radical (unpaired) electrons. The van der Waals surface area contributed by atoms with Gasteiger partial charge in [-0.3, -0.25) is 4.79 Å². The van der Waals surface area contributed by atoms with Crippen LogP contribution in [0.3, 0.4) is 0 Å². The van der Waals surface area contributed by atoms with Crippen molar-refractivity contribution in [3.05, 3.63) is 53.7 Å². The molecule has 5 heteroatoms. The van der Waals surface area contributed by atoms with Crippen LogP contribution >= 0.6 is 0 Å². The molecule has 0 aliphatic heterocycles. The van der Waals surface area contributed by atoms with Crippen LogP contribution in [0.1, 0.15) is 24.1 Å². The lowest BCUT2D eigenvalue weighted by atomic mass is 10.1. The maximum absolute atomic E-state index is 11.1. The van der Waals surface area contributed by atoms with Gasteiger partial charge in [0.05, 0.1) is 13.7 Å². The van der Waals surface area contributed by atoms with Crippen molar-refractivity contribution in [1.29, 1.82) is 0 Å². The molecule has 2 rings (SSSR count). The molecular formula is C19H24N2O3. The number of esters is 1. The molecule has 2 aromatic rings. The second-order valence-electron chi connectivity index (χ2n) is 5.44. The van der Waals surface area contributed by atoms with E-state index in [0.717, 1.165) is 36.5 Å². The Hall–Kier alpha value is -2.56. The summed E-state index contributed by atoms with van der Waals surface area (Å²) in [7, 11) is 3.27. The van der Waals surface area contributed by atoms with E-state index >= 15 is 0 Å². The highest BCUT2D eigenvalue weighted by Crippen LogP contribution is 2.14. The summed E-state index contributed by atoms with van der Waals surface area (Å²) in [6.07, 6.45) is 2.86. The Morgan fingerprint density at radius 3 is 2.62 bits per heavy atom. The van der Waals surface area contributed by atoms with Gasteiger partial charge in [-0.2, -0.15) is 0 Å². The van der Waals surface area contributed by atoms with Crippen molar-refractivity contribution in [3.63, 3.8) is 0 Å². The molecule has 128 valence electrons. The largest absolute Gasteiger partial charge is 0.493 e. The van der Waals surface area contributed by atoms with Crippen molar-refractivity contribution >= 4 is 11.8 Å². The van der Waals surface area contributed by atoms with Gasteiger partial charge in [0.1, 0.15) is 11.6 Å². The maximum Gasteiger partial charge on any atom is 0.305 e. The average molecular weight is 328 g/mol. The summed E-state index contributed by atoms with van der Waals surface area (Å²) in [5.41, 5.74) is 2.19. The number of nitrogens with zero attached hydrogens (tertiary/aromatic N) is 1. The predicted octanol–water partition coefficient (Wildman–Crippen LogP) is 3.24. The molecule has 0 unspecified atom stereocenters. The Balaban J connectivity index is 1.74. The van der Waals surface area contributed by atoms with Gasteiger partial charge in [-0.1, -0.05) is 18.2 Å². The third-order valence-electron chi connectivity index (χ3n) is 3.69. The topological polar surface area (TPSA) is 60.5 Å². The molecule has 0 saturated carbocycles. The normalized spacial score (nSPS) is 10.2. The summed E-state index contributed by atoms with van der Waals surface area (Å²) in [4.78, 5) is 15.5. The molecule has 1 aromatic carbocycles. The van der Waals surface area contributed by atoms with Crippen LogP contribution in [0.25, 0.3) is 0 Å². The molecule has 1 heterocycles. The number of carbonyl (C=O) groups is 1. The van der Waals surface area contributed by atoms with Crippen LogP contribution in [0.2, 0.25) is 0 Å². The number of hydrogen-bond donors (Lipinski definition) is 1. The molecule has 0 bridgehead atoms. The molecule has 0 aliphatic carbocycles. The molecule has 0 spiro atoms. The van der Waals surface area contributed by atoms with Gasteiger partial charge in [-0.05, 0) is 42.7 Å². The smallest absolute Gasteiger partial charge is 0.305 e. The number of pyridine rings is 1. The van der Waals surface area contributed by atoms with E-state index in [1.165, 1.54) is 12.7 Å². The van der Waals surface area contributed by atoms with Gasteiger partial charge in [0, 0.05) is 25.6 Å². The van der Waals surface area contributed by atoms with Crippen LogP contribution in [0.4, 0.5) is 5.82 Å². The summed E-state index contributed by atoms with van der Waals surface area (Å²) in [5, 5.41) is 3.03. The Morgan fingerprint density at radius 1 is 1.12 bits per heavy atom. The third kappa shape index (κ3) is 5.91. The lowest BCUT2D eigenvalue weighted by Gasteiger charge is -2.08. The van der Waals surface area contributed by atoms with Gasteiger partial charge >= 0.3 is 5.97 Å². The fourth-order valence-corrected chi connectivity index (χ4v) is 2.32. The minimum atomic E-state index is -0.161. The van der Waals surface area contributed by atoms with E-state index in [0.29, 0.717) is 13.0 Å². The molecular weight excluding hydrogens is 304 g/mol. The molecule has 5 nitrogen and oxygen atoms in total. The summed E-state index contributed by atoms with van der Waals surface area (Å²) < 4.78 is 10.4. The fourth-order valence-electron chi connectivity index (χ4n) is 2.32. The number of benzene rings is 1. The van der Waals surface area contributed by atoms with E-state index in [1.807, 2.05) is 49.5 Å². The second-order valence-corrected chi connectivity index (χ2v) is 5.44. The Morgan fingerprint density at radius 2 is 1.92 bits per heavy atom. The average Bonchev–Trinajstić information content (AvgIpc) is 2.63. The first-order chi connectivity index (χ1) is 11.7. The van der Waals surface area contributed by atoms with Gasteiger partial charge in [-0.25, -0.2) is 4.98 Å². The van der Waals surface area contributed by atoms with Crippen molar-refractivity contribution in [3.8, 4) is 5.75 Å². The van der Waals surface area contributed by atoms with E-state index in [-0.39, 0.29) is 5.97 Å². The number of carbonyl (C=O) groups excluding carboxylic acids is 1. The monoisotopic (exact) mass is 328 g/mol. The predicted molar refractivity (Wildman–Crippen MR) is 94.4 cm³/mol. The SMILES string of the molecule is CNc1cccc(CCOc2ccc(CCCC(=O)OC)cc2)n1. The van der Waals surface area contributed by atoms with Gasteiger partial charge in [0.2, 0.25) is 0 Å². The lowest BCUT2D eigenvalue weighted by molar-refractivity contribution is -0.140. The van der Waals surface area contributed by atoms with Crippen LogP contribution in [0.15, 0.2) is 42.5 Å². The summed E-state index contributed by atoms with van der Waals surface area (Å²) in [5.74, 6) is 1.55. The first kappa shape index (κ1) is 17.8. The first-order valence-electron chi connectivity index (χ1n) is 8.13. The van der Waals surface area contributed by atoms with E-state index in [1.54, 1.807) is 0 Å². The zero-order valence-corrected chi connectivity index (χ0v) is 14.2. The van der Waals surface area contributed by atoms with Crippen LogP contribution < -0.4 is 10.1 Å². The lowest BCUT2D eigenvalue weighted by Crippen LogP contribution is -2.04. The second kappa shape index (κ2) is 9.55. The highest BCUT2D eigenvalue weighted by Gasteiger charge is 2.02. The number of hydrogen-bond acceptors (Lipinski definition) is 5. The van der Waals surface area contributed by atoms with Crippen LogP contribution in [0.5, 0.6) is 5.75 Å². The molecule has 1 aromatic heterocycles. The zero-order chi connectivity index (χ0) is 17.2.